The summed E-state index contributed by atoms with van der Waals surface area (Å²) in [6.07, 6.45) is 1.94. The second-order valence-electron chi connectivity index (χ2n) is 5.14. The summed E-state index contributed by atoms with van der Waals surface area (Å²) in [6, 6.07) is 10.2. The summed E-state index contributed by atoms with van der Waals surface area (Å²) in [5.74, 6) is 0. The van der Waals surface area contributed by atoms with E-state index in [0.717, 1.165) is 24.9 Å². The molecular weight excluding hydrogens is 242 g/mol. The van der Waals surface area contributed by atoms with Crippen LogP contribution in [-0.2, 0) is 11.4 Å². The Kier molecular flexibility index (Phi) is 3.40. The van der Waals surface area contributed by atoms with Crippen LogP contribution in [0.3, 0.4) is 0 Å². The first-order valence-electron chi connectivity index (χ1n) is 6.76. The quantitative estimate of drug-likeness (QED) is 0.890. The summed E-state index contributed by atoms with van der Waals surface area (Å²) in [5.41, 5.74) is 6.78. The summed E-state index contributed by atoms with van der Waals surface area (Å²) in [7, 11) is 0. The van der Waals surface area contributed by atoms with Crippen molar-refractivity contribution >= 4 is 6.03 Å². The molecule has 3 rings (SSSR count). The van der Waals surface area contributed by atoms with Crippen molar-refractivity contribution in [3.05, 3.63) is 35.9 Å². The van der Waals surface area contributed by atoms with Gasteiger partial charge in [-0.3, -0.25) is 4.84 Å². The van der Waals surface area contributed by atoms with Crippen LogP contribution in [0, 0.1) is 0 Å². The zero-order valence-corrected chi connectivity index (χ0v) is 10.9. The highest BCUT2D eigenvalue weighted by atomic mass is 16.7. The molecule has 1 aromatic rings. The van der Waals surface area contributed by atoms with Crippen molar-refractivity contribution in [2.75, 3.05) is 13.1 Å². The average Bonchev–Trinajstić information content (AvgIpc) is 2.71. The van der Waals surface area contributed by atoms with Gasteiger partial charge in [-0.05, 0) is 18.4 Å². The molecule has 1 aromatic carbocycles. The molecule has 2 N–H and O–H groups in total. The molecule has 0 aromatic heterocycles. The summed E-state index contributed by atoms with van der Waals surface area (Å²) >= 11 is 0. The Morgan fingerprint density at radius 2 is 2.05 bits per heavy atom. The van der Waals surface area contributed by atoms with Crippen molar-refractivity contribution < 1.29 is 9.63 Å². The monoisotopic (exact) mass is 261 g/mol. The van der Waals surface area contributed by atoms with Gasteiger partial charge in [0.2, 0.25) is 0 Å². The van der Waals surface area contributed by atoms with Gasteiger partial charge in [0.25, 0.3) is 0 Å². The zero-order valence-electron chi connectivity index (χ0n) is 10.9. The van der Waals surface area contributed by atoms with Crippen LogP contribution in [0.4, 0.5) is 4.79 Å². The highest BCUT2D eigenvalue weighted by Gasteiger charge is 2.44. The Balaban J connectivity index is 1.64. The number of hydrogen-bond donors (Lipinski definition) is 1. The first-order valence-corrected chi connectivity index (χ1v) is 6.76. The molecule has 5 heteroatoms. The normalized spacial score (nSPS) is 26.1. The Morgan fingerprint density at radius 1 is 1.26 bits per heavy atom. The molecule has 0 aliphatic carbocycles. The third kappa shape index (κ3) is 2.31. The predicted octanol–water partition coefficient (Wildman–Crippen LogP) is 1.35. The SMILES string of the molecule is NC[C@@H]1CCC2CN1C(=O)N2OCc1ccccc1. The van der Waals surface area contributed by atoms with E-state index in [2.05, 4.69) is 0 Å². The van der Waals surface area contributed by atoms with Crippen LogP contribution in [0.2, 0.25) is 0 Å². The van der Waals surface area contributed by atoms with Crippen LogP contribution in [0.25, 0.3) is 0 Å². The molecule has 2 aliphatic rings. The molecule has 1 unspecified atom stereocenters. The third-order valence-electron chi connectivity index (χ3n) is 3.93. The van der Waals surface area contributed by atoms with Crippen LogP contribution < -0.4 is 5.73 Å². The Bertz CT molecular complexity index is 451. The maximum absolute atomic E-state index is 12.2. The van der Waals surface area contributed by atoms with E-state index in [1.807, 2.05) is 35.2 Å². The molecule has 2 saturated heterocycles. The molecule has 2 fully saturated rings. The number of hydrogen-bond acceptors (Lipinski definition) is 3. The highest BCUT2D eigenvalue weighted by molar-refractivity contribution is 5.76. The number of hydroxylamine groups is 2. The smallest absolute Gasteiger partial charge is 0.328 e. The molecule has 2 bridgehead atoms. The van der Waals surface area contributed by atoms with Gasteiger partial charge < -0.3 is 10.6 Å². The van der Waals surface area contributed by atoms with Crippen molar-refractivity contribution in [2.45, 2.75) is 31.5 Å². The average molecular weight is 261 g/mol. The number of carbonyl (C=O) groups is 1. The highest BCUT2D eigenvalue weighted by Crippen LogP contribution is 2.29. The van der Waals surface area contributed by atoms with E-state index < -0.39 is 0 Å². The lowest BCUT2D eigenvalue weighted by molar-refractivity contribution is -0.140. The molecule has 2 heterocycles. The van der Waals surface area contributed by atoms with E-state index in [9.17, 15) is 4.79 Å². The van der Waals surface area contributed by atoms with Gasteiger partial charge in [-0.1, -0.05) is 30.3 Å². The molecule has 0 spiro atoms. The maximum Gasteiger partial charge on any atom is 0.344 e. The van der Waals surface area contributed by atoms with Gasteiger partial charge in [-0.2, -0.15) is 5.06 Å². The molecule has 102 valence electrons. The van der Waals surface area contributed by atoms with Crippen LogP contribution in [0.15, 0.2) is 30.3 Å². The number of piperidine rings is 1. The number of nitrogens with two attached hydrogens (primary N) is 1. The van der Waals surface area contributed by atoms with Gasteiger partial charge in [-0.25, -0.2) is 4.79 Å². The summed E-state index contributed by atoms with van der Waals surface area (Å²) in [6.45, 7) is 1.71. The van der Waals surface area contributed by atoms with E-state index in [4.69, 9.17) is 10.6 Å². The largest absolute Gasteiger partial charge is 0.344 e. The maximum atomic E-state index is 12.2. The fraction of sp³-hybridized carbons (Fsp3) is 0.500. The lowest BCUT2D eigenvalue weighted by Gasteiger charge is -2.29. The summed E-state index contributed by atoms with van der Waals surface area (Å²) < 4.78 is 0. The van der Waals surface area contributed by atoms with E-state index in [1.54, 1.807) is 5.06 Å². The molecule has 5 nitrogen and oxygen atoms in total. The van der Waals surface area contributed by atoms with Crippen LogP contribution in [0.5, 0.6) is 0 Å². The molecule has 0 saturated carbocycles. The predicted molar refractivity (Wildman–Crippen MR) is 71.0 cm³/mol. The van der Waals surface area contributed by atoms with Gasteiger partial charge >= 0.3 is 6.03 Å². The molecule has 2 aliphatic heterocycles. The molecule has 19 heavy (non-hydrogen) atoms. The van der Waals surface area contributed by atoms with Gasteiger partial charge in [0.05, 0.1) is 6.04 Å². The van der Waals surface area contributed by atoms with E-state index in [1.165, 1.54) is 0 Å². The molecule has 0 radical (unpaired) electrons. The second kappa shape index (κ2) is 5.19. The topological polar surface area (TPSA) is 58.8 Å². The van der Waals surface area contributed by atoms with Crippen LogP contribution in [0.1, 0.15) is 18.4 Å². The van der Waals surface area contributed by atoms with E-state index in [0.29, 0.717) is 13.2 Å². The van der Waals surface area contributed by atoms with E-state index >= 15 is 0 Å². The number of fused-ring (bicyclic) bond motifs is 2. The number of benzene rings is 1. The van der Waals surface area contributed by atoms with Crippen molar-refractivity contribution in [3.63, 3.8) is 0 Å². The van der Waals surface area contributed by atoms with Gasteiger partial charge in [0.15, 0.2) is 0 Å². The van der Waals surface area contributed by atoms with Crippen molar-refractivity contribution in [1.29, 1.82) is 0 Å². The standard InChI is InChI=1S/C14H19N3O2/c15-8-12-6-7-13-9-16(12)14(18)17(13)19-10-11-4-2-1-3-5-11/h1-5,12-13H,6-10,15H2/t12-,13?/m0/s1. The summed E-state index contributed by atoms with van der Waals surface area (Å²) in [4.78, 5) is 19.8. The number of nitrogens with zero attached hydrogens (tertiary/aromatic N) is 2. The molecule has 2 atom stereocenters. The minimum atomic E-state index is -0.0334. The van der Waals surface area contributed by atoms with E-state index in [-0.39, 0.29) is 18.1 Å². The van der Waals surface area contributed by atoms with Crippen molar-refractivity contribution in [1.82, 2.24) is 9.96 Å². The Morgan fingerprint density at radius 3 is 2.79 bits per heavy atom. The zero-order chi connectivity index (χ0) is 13.2. The Hall–Kier alpha value is -1.59. The fourth-order valence-electron chi connectivity index (χ4n) is 2.84. The Labute approximate surface area is 112 Å². The lowest BCUT2D eigenvalue weighted by atomic mass is 10.0. The van der Waals surface area contributed by atoms with Gasteiger partial charge in [0.1, 0.15) is 6.61 Å². The number of rotatable bonds is 4. The van der Waals surface area contributed by atoms with Crippen LogP contribution in [-0.4, -0.2) is 41.2 Å². The number of amides is 2. The fourth-order valence-corrected chi connectivity index (χ4v) is 2.84. The van der Waals surface area contributed by atoms with Crippen molar-refractivity contribution in [3.8, 4) is 0 Å². The van der Waals surface area contributed by atoms with Gasteiger partial charge in [0, 0.05) is 19.1 Å². The lowest BCUT2D eigenvalue weighted by Crippen LogP contribution is -2.44. The molecule has 2 amide bonds. The van der Waals surface area contributed by atoms with Crippen LogP contribution >= 0.6 is 0 Å². The summed E-state index contributed by atoms with van der Waals surface area (Å²) in [5, 5.41) is 1.54. The minimum Gasteiger partial charge on any atom is -0.328 e. The third-order valence-corrected chi connectivity index (χ3v) is 3.93. The molecular formula is C14H19N3O2. The first kappa shape index (κ1) is 12.4. The first-order chi connectivity index (χ1) is 9.29. The number of urea groups is 1. The van der Waals surface area contributed by atoms with Crippen molar-refractivity contribution in [2.24, 2.45) is 5.73 Å². The van der Waals surface area contributed by atoms with Gasteiger partial charge in [-0.15, -0.1) is 0 Å². The second-order valence-corrected chi connectivity index (χ2v) is 5.14. The minimum absolute atomic E-state index is 0.0334. The number of carbonyl (C=O) groups excluding carboxylic acids is 1.